The van der Waals surface area contributed by atoms with E-state index in [9.17, 15) is 8.78 Å². The van der Waals surface area contributed by atoms with Gasteiger partial charge < -0.3 is 10.1 Å². The van der Waals surface area contributed by atoms with E-state index < -0.39 is 11.6 Å². The lowest BCUT2D eigenvalue weighted by Gasteiger charge is -2.23. The molecule has 1 heterocycles. The van der Waals surface area contributed by atoms with E-state index in [0.29, 0.717) is 5.75 Å². The third-order valence-corrected chi connectivity index (χ3v) is 2.48. The van der Waals surface area contributed by atoms with Crippen LogP contribution >= 0.6 is 12.4 Å². The van der Waals surface area contributed by atoms with Crippen LogP contribution in [0.2, 0.25) is 0 Å². The van der Waals surface area contributed by atoms with Gasteiger partial charge in [-0.25, -0.2) is 8.78 Å². The van der Waals surface area contributed by atoms with Gasteiger partial charge in [0.1, 0.15) is 11.9 Å². The molecule has 1 aliphatic rings. The molecule has 1 aliphatic heterocycles. The minimum atomic E-state index is -0.860. The summed E-state index contributed by atoms with van der Waals surface area (Å²) >= 11 is 0. The van der Waals surface area contributed by atoms with E-state index in [1.54, 1.807) is 0 Å². The van der Waals surface area contributed by atoms with Gasteiger partial charge in [0.2, 0.25) is 0 Å². The molecule has 0 amide bonds. The quantitative estimate of drug-likeness (QED) is 0.870. The van der Waals surface area contributed by atoms with Gasteiger partial charge in [-0.15, -0.1) is 12.4 Å². The van der Waals surface area contributed by atoms with Gasteiger partial charge in [0.05, 0.1) is 0 Å². The first-order valence-electron chi connectivity index (χ1n) is 5.08. The monoisotopic (exact) mass is 249 g/mol. The number of nitrogens with one attached hydrogen (secondary N) is 1. The summed E-state index contributed by atoms with van der Waals surface area (Å²) < 4.78 is 31.0. The summed E-state index contributed by atoms with van der Waals surface area (Å²) in [4.78, 5) is 0. The molecule has 1 aromatic rings. The van der Waals surface area contributed by atoms with Gasteiger partial charge in [-0.05, 0) is 38.1 Å². The Labute approximate surface area is 99.4 Å². The third kappa shape index (κ3) is 3.32. The normalized spacial score (nSPS) is 16.6. The molecular weight excluding hydrogens is 236 g/mol. The lowest BCUT2D eigenvalue weighted by Crippen LogP contribution is -2.34. The van der Waals surface area contributed by atoms with Gasteiger partial charge in [-0.3, -0.25) is 0 Å². The van der Waals surface area contributed by atoms with Crippen LogP contribution in [0, 0.1) is 11.6 Å². The summed E-state index contributed by atoms with van der Waals surface area (Å²) in [7, 11) is 0. The van der Waals surface area contributed by atoms with E-state index in [1.165, 1.54) is 6.07 Å². The Morgan fingerprint density at radius 3 is 2.44 bits per heavy atom. The number of hydrogen-bond acceptors (Lipinski definition) is 2. The maximum atomic E-state index is 12.9. The molecule has 0 unspecified atom stereocenters. The van der Waals surface area contributed by atoms with Crippen molar-refractivity contribution in [2.45, 2.75) is 18.9 Å². The maximum absolute atomic E-state index is 12.9. The molecule has 0 aliphatic carbocycles. The van der Waals surface area contributed by atoms with Crippen LogP contribution in [0.25, 0.3) is 0 Å². The van der Waals surface area contributed by atoms with Crippen LogP contribution in [0.4, 0.5) is 8.78 Å². The standard InChI is InChI=1S/C11H13F2NO.ClH/c12-10-2-1-9(7-11(10)13)15-8-3-5-14-6-4-8;/h1-2,7-8,14H,3-6H2;1H. The van der Waals surface area contributed by atoms with Crippen molar-refractivity contribution in [2.24, 2.45) is 0 Å². The Morgan fingerprint density at radius 2 is 1.81 bits per heavy atom. The summed E-state index contributed by atoms with van der Waals surface area (Å²) in [6.07, 6.45) is 1.91. The number of rotatable bonds is 2. The van der Waals surface area contributed by atoms with Gasteiger partial charge in [0.15, 0.2) is 11.6 Å². The SMILES string of the molecule is Cl.Fc1ccc(OC2CCNCC2)cc1F. The van der Waals surface area contributed by atoms with E-state index in [1.807, 2.05) is 0 Å². The molecule has 0 spiro atoms. The predicted molar refractivity (Wildman–Crippen MR) is 60.1 cm³/mol. The Kier molecular flexibility index (Phi) is 4.96. The fraction of sp³-hybridized carbons (Fsp3) is 0.455. The molecule has 2 rings (SSSR count). The molecule has 0 saturated carbocycles. The second-order valence-corrected chi connectivity index (χ2v) is 3.64. The van der Waals surface area contributed by atoms with Crippen molar-refractivity contribution in [1.82, 2.24) is 5.32 Å². The third-order valence-electron chi connectivity index (χ3n) is 2.48. The number of ether oxygens (including phenoxy) is 1. The number of benzene rings is 1. The Hall–Kier alpha value is -0.870. The highest BCUT2D eigenvalue weighted by Crippen LogP contribution is 2.19. The highest BCUT2D eigenvalue weighted by Gasteiger charge is 2.15. The van der Waals surface area contributed by atoms with E-state index in [2.05, 4.69) is 5.32 Å². The van der Waals surface area contributed by atoms with Gasteiger partial charge in [0.25, 0.3) is 0 Å². The molecular formula is C11H14ClF2NO. The van der Waals surface area contributed by atoms with Crippen LogP contribution in [0.3, 0.4) is 0 Å². The van der Waals surface area contributed by atoms with Crippen molar-refractivity contribution in [3.63, 3.8) is 0 Å². The molecule has 16 heavy (non-hydrogen) atoms. The number of halogens is 3. The molecule has 1 saturated heterocycles. The lowest BCUT2D eigenvalue weighted by molar-refractivity contribution is 0.161. The van der Waals surface area contributed by atoms with Crippen LogP contribution in [0.1, 0.15) is 12.8 Å². The zero-order valence-electron chi connectivity index (χ0n) is 8.71. The smallest absolute Gasteiger partial charge is 0.162 e. The molecule has 0 radical (unpaired) electrons. The molecule has 1 N–H and O–H groups in total. The molecule has 0 bridgehead atoms. The van der Waals surface area contributed by atoms with Crippen LogP contribution in [0.15, 0.2) is 18.2 Å². The molecule has 0 aromatic heterocycles. The molecule has 2 nitrogen and oxygen atoms in total. The molecule has 5 heteroatoms. The van der Waals surface area contributed by atoms with Crippen LogP contribution in [0.5, 0.6) is 5.75 Å². The van der Waals surface area contributed by atoms with Crippen molar-refractivity contribution in [1.29, 1.82) is 0 Å². The Morgan fingerprint density at radius 1 is 1.12 bits per heavy atom. The average Bonchev–Trinajstić information content (AvgIpc) is 2.25. The van der Waals surface area contributed by atoms with Gasteiger partial charge in [0, 0.05) is 6.07 Å². The highest BCUT2D eigenvalue weighted by atomic mass is 35.5. The first kappa shape index (κ1) is 13.2. The molecule has 1 fully saturated rings. The molecule has 0 atom stereocenters. The van der Waals surface area contributed by atoms with Crippen LogP contribution < -0.4 is 10.1 Å². The van der Waals surface area contributed by atoms with Gasteiger partial charge in [-0.1, -0.05) is 0 Å². The predicted octanol–water partition coefficient (Wildman–Crippen LogP) is 2.52. The van der Waals surface area contributed by atoms with E-state index >= 15 is 0 Å². The van der Waals surface area contributed by atoms with Crippen molar-refractivity contribution in [3.05, 3.63) is 29.8 Å². The van der Waals surface area contributed by atoms with Crippen molar-refractivity contribution in [2.75, 3.05) is 13.1 Å². The van der Waals surface area contributed by atoms with Gasteiger partial charge in [-0.2, -0.15) is 0 Å². The first-order chi connectivity index (χ1) is 7.25. The second-order valence-electron chi connectivity index (χ2n) is 3.64. The van der Waals surface area contributed by atoms with E-state index in [0.717, 1.165) is 38.1 Å². The zero-order chi connectivity index (χ0) is 10.7. The Balaban J connectivity index is 0.00000128. The van der Waals surface area contributed by atoms with E-state index in [4.69, 9.17) is 4.74 Å². The summed E-state index contributed by atoms with van der Waals surface area (Å²) in [5.41, 5.74) is 0. The second kappa shape index (κ2) is 6.01. The number of hydrogen-bond donors (Lipinski definition) is 1. The average molecular weight is 250 g/mol. The lowest BCUT2D eigenvalue weighted by atomic mass is 10.1. The molecule has 1 aromatic carbocycles. The van der Waals surface area contributed by atoms with Crippen molar-refractivity contribution < 1.29 is 13.5 Å². The minimum Gasteiger partial charge on any atom is -0.490 e. The fourth-order valence-electron chi connectivity index (χ4n) is 1.66. The minimum absolute atomic E-state index is 0. The summed E-state index contributed by atoms with van der Waals surface area (Å²) in [5, 5.41) is 3.21. The zero-order valence-corrected chi connectivity index (χ0v) is 9.53. The Bertz CT molecular complexity index is 343. The van der Waals surface area contributed by atoms with Gasteiger partial charge >= 0.3 is 0 Å². The van der Waals surface area contributed by atoms with Crippen LogP contribution in [-0.4, -0.2) is 19.2 Å². The van der Waals surface area contributed by atoms with Crippen molar-refractivity contribution >= 4 is 12.4 Å². The van der Waals surface area contributed by atoms with Crippen molar-refractivity contribution in [3.8, 4) is 5.75 Å². The fourth-order valence-corrected chi connectivity index (χ4v) is 1.66. The highest BCUT2D eigenvalue weighted by molar-refractivity contribution is 5.85. The number of piperidine rings is 1. The summed E-state index contributed by atoms with van der Waals surface area (Å²) in [6.45, 7) is 1.82. The van der Waals surface area contributed by atoms with Crippen LogP contribution in [-0.2, 0) is 0 Å². The maximum Gasteiger partial charge on any atom is 0.162 e. The topological polar surface area (TPSA) is 21.3 Å². The first-order valence-corrected chi connectivity index (χ1v) is 5.08. The summed E-state index contributed by atoms with van der Waals surface area (Å²) in [6, 6.07) is 3.64. The van der Waals surface area contributed by atoms with E-state index in [-0.39, 0.29) is 18.5 Å². The molecule has 90 valence electrons. The largest absolute Gasteiger partial charge is 0.490 e. The summed E-state index contributed by atoms with van der Waals surface area (Å²) in [5.74, 6) is -1.30.